The summed E-state index contributed by atoms with van der Waals surface area (Å²) < 4.78 is 22.6. The first-order valence-electron chi connectivity index (χ1n) is 20.4. The van der Waals surface area contributed by atoms with Crippen LogP contribution in [0.2, 0.25) is 0 Å². The monoisotopic (exact) mass is 814 g/mol. The summed E-state index contributed by atoms with van der Waals surface area (Å²) in [6.45, 7) is 32.0. The van der Waals surface area contributed by atoms with Crippen LogP contribution in [-0.2, 0) is 50.3 Å². The Morgan fingerprint density at radius 1 is 0.467 bits per heavy atom. The van der Waals surface area contributed by atoms with E-state index >= 15 is 0 Å². The predicted octanol–water partition coefficient (Wildman–Crippen LogP) is 11.7. The van der Waals surface area contributed by atoms with Crippen LogP contribution < -0.4 is 9.47 Å². The van der Waals surface area contributed by atoms with Crippen LogP contribution in [0.1, 0.15) is 118 Å². The highest BCUT2D eigenvalue weighted by molar-refractivity contribution is 5.95. The standard InChI is InChI=1S/C52H62O8/c1-33(27-43(53)59-45-39(35-21-17-15-18-22-35)29-37(49(3,4)5)31-41(45)51(9,10)11)47(55)57-25-26-58-48(56)34(2)28-44(54)60-46-40(36-23-19-16-20-24-36)30-38(50(6,7)8)32-42(46)52(12,13)14/h15-24,29-32H,1-2,25-28H2,3-14H3. The molecule has 4 aromatic rings. The molecule has 60 heavy (non-hydrogen) atoms. The molecule has 0 saturated carbocycles. The lowest BCUT2D eigenvalue weighted by atomic mass is 9.78. The van der Waals surface area contributed by atoms with Gasteiger partial charge in [0.1, 0.15) is 24.7 Å². The van der Waals surface area contributed by atoms with E-state index in [1.165, 1.54) is 0 Å². The first kappa shape index (κ1) is 46.9. The normalized spacial score (nSPS) is 12.0. The minimum atomic E-state index is -0.839. The second-order valence-corrected chi connectivity index (χ2v) is 19.3. The average Bonchev–Trinajstić information content (AvgIpc) is 3.15. The Morgan fingerprint density at radius 2 is 0.783 bits per heavy atom. The maximum absolute atomic E-state index is 13.4. The minimum absolute atomic E-state index is 0.122. The van der Waals surface area contributed by atoms with Crippen LogP contribution in [0.3, 0.4) is 0 Å². The molecular formula is C52H62O8. The van der Waals surface area contributed by atoms with Gasteiger partial charge < -0.3 is 18.9 Å². The molecule has 0 radical (unpaired) electrons. The van der Waals surface area contributed by atoms with Gasteiger partial charge in [-0.15, -0.1) is 0 Å². The average molecular weight is 815 g/mol. The molecule has 0 heterocycles. The molecule has 8 nitrogen and oxygen atoms in total. The summed E-state index contributed by atoms with van der Waals surface area (Å²) in [4.78, 5) is 52.5. The summed E-state index contributed by atoms with van der Waals surface area (Å²) >= 11 is 0. The molecule has 0 aliphatic rings. The van der Waals surface area contributed by atoms with Crippen molar-refractivity contribution in [3.05, 3.63) is 131 Å². The van der Waals surface area contributed by atoms with E-state index in [0.29, 0.717) is 11.5 Å². The zero-order valence-corrected chi connectivity index (χ0v) is 37.6. The van der Waals surface area contributed by atoms with Gasteiger partial charge in [0, 0.05) is 33.4 Å². The third-order valence-corrected chi connectivity index (χ3v) is 9.97. The highest BCUT2D eigenvalue weighted by Crippen LogP contribution is 2.45. The lowest BCUT2D eigenvalue weighted by Gasteiger charge is -2.29. The molecule has 0 spiro atoms. The molecule has 0 aliphatic heterocycles. The van der Waals surface area contributed by atoms with Gasteiger partial charge in [-0.1, -0.05) is 169 Å². The largest absolute Gasteiger partial charge is 0.459 e. The lowest BCUT2D eigenvalue weighted by molar-refractivity contribution is -0.148. The molecule has 0 N–H and O–H groups in total. The maximum Gasteiger partial charge on any atom is 0.334 e. The van der Waals surface area contributed by atoms with E-state index in [2.05, 4.69) is 108 Å². The zero-order chi connectivity index (χ0) is 44.8. The van der Waals surface area contributed by atoms with Gasteiger partial charge in [-0.3, -0.25) is 9.59 Å². The molecule has 0 aliphatic carbocycles. The fraction of sp³-hybridized carbons (Fsp3) is 0.385. The van der Waals surface area contributed by atoms with Crippen LogP contribution in [0, 0.1) is 0 Å². The number of benzene rings is 4. The second kappa shape index (κ2) is 18.7. The Kier molecular flexibility index (Phi) is 14.6. The van der Waals surface area contributed by atoms with Crippen LogP contribution in [-0.4, -0.2) is 37.1 Å². The van der Waals surface area contributed by atoms with Crippen molar-refractivity contribution in [2.75, 3.05) is 13.2 Å². The van der Waals surface area contributed by atoms with Gasteiger partial charge in [-0.2, -0.15) is 0 Å². The molecule has 0 amide bonds. The molecule has 0 atom stereocenters. The molecule has 0 bridgehead atoms. The van der Waals surface area contributed by atoms with Crippen molar-refractivity contribution in [1.82, 2.24) is 0 Å². The zero-order valence-electron chi connectivity index (χ0n) is 37.6. The van der Waals surface area contributed by atoms with Gasteiger partial charge in [0.2, 0.25) is 0 Å². The minimum Gasteiger partial charge on any atom is -0.459 e. The van der Waals surface area contributed by atoms with Crippen molar-refractivity contribution in [1.29, 1.82) is 0 Å². The Hall–Kier alpha value is -5.76. The smallest absolute Gasteiger partial charge is 0.334 e. The first-order chi connectivity index (χ1) is 27.8. The van der Waals surface area contributed by atoms with Crippen molar-refractivity contribution in [2.45, 2.75) is 118 Å². The Balaban J connectivity index is 1.37. The van der Waals surface area contributed by atoms with E-state index < -0.39 is 36.7 Å². The third kappa shape index (κ3) is 12.4. The molecule has 0 unspecified atom stereocenters. The highest BCUT2D eigenvalue weighted by Gasteiger charge is 2.30. The van der Waals surface area contributed by atoms with E-state index in [1.54, 1.807) is 0 Å². The molecular weight excluding hydrogens is 753 g/mol. The van der Waals surface area contributed by atoms with E-state index in [4.69, 9.17) is 18.9 Å². The van der Waals surface area contributed by atoms with E-state index in [-0.39, 0.29) is 46.0 Å². The second-order valence-electron chi connectivity index (χ2n) is 19.3. The van der Waals surface area contributed by atoms with Gasteiger partial charge in [-0.05, 0) is 56.0 Å². The Labute approximate surface area is 357 Å². The summed E-state index contributed by atoms with van der Waals surface area (Å²) in [5, 5.41) is 0. The topological polar surface area (TPSA) is 105 Å². The van der Waals surface area contributed by atoms with Crippen molar-refractivity contribution in [2.24, 2.45) is 0 Å². The van der Waals surface area contributed by atoms with Gasteiger partial charge in [0.25, 0.3) is 0 Å². The predicted molar refractivity (Wildman–Crippen MR) is 239 cm³/mol. The lowest BCUT2D eigenvalue weighted by Crippen LogP contribution is -2.22. The number of hydrogen-bond donors (Lipinski definition) is 0. The third-order valence-electron chi connectivity index (χ3n) is 9.97. The van der Waals surface area contributed by atoms with Crippen molar-refractivity contribution < 1.29 is 38.1 Å². The van der Waals surface area contributed by atoms with Crippen molar-refractivity contribution >= 4 is 23.9 Å². The highest BCUT2D eigenvalue weighted by atomic mass is 16.6. The number of carbonyl (C=O) groups is 4. The molecule has 4 rings (SSSR count). The molecule has 0 fully saturated rings. The fourth-order valence-electron chi connectivity index (χ4n) is 6.39. The SMILES string of the molecule is C=C(CC(=O)Oc1c(-c2ccccc2)cc(C(C)(C)C)cc1C(C)(C)C)C(=O)OCCOC(=O)C(=C)CC(=O)Oc1c(-c2ccccc2)cc(C(C)(C)C)cc1C(C)(C)C. The van der Waals surface area contributed by atoms with Crippen LogP contribution in [0.4, 0.5) is 0 Å². The summed E-state index contributed by atoms with van der Waals surface area (Å²) in [7, 11) is 0. The molecule has 0 saturated heterocycles. The number of hydrogen-bond acceptors (Lipinski definition) is 8. The summed E-state index contributed by atoms with van der Waals surface area (Å²) in [5.41, 5.74) is 5.90. The molecule has 0 aromatic heterocycles. The molecule has 4 aromatic carbocycles. The van der Waals surface area contributed by atoms with Gasteiger partial charge >= 0.3 is 23.9 Å². The molecule has 8 heteroatoms. The van der Waals surface area contributed by atoms with Crippen LogP contribution >= 0.6 is 0 Å². The Bertz CT molecular complexity index is 2080. The van der Waals surface area contributed by atoms with Crippen molar-refractivity contribution in [3.8, 4) is 33.8 Å². The number of carbonyl (C=O) groups excluding carboxylic acids is 4. The number of esters is 4. The first-order valence-corrected chi connectivity index (χ1v) is 20.4. The van der Waals surface area contributed by atoms with Gasteiger partial charge in [-0.25, -0.2) is 9.59 Å². The summed E-state index contributed by atoms with van der Waals surface area (Å²) in [6.07, 6.45) is -0.837. The van der Waals surface area contributed by atoms with Gasteiger partial charge in [0.15, 0.2) is 0 Å². The molecule has 318 valence electrons. The van der Waals surface area contributed by atoms with Crippen molar-refractivity contribution in [3.63, 3.8) is 0 Å². The number of ether oxygens (including phenoxy) is 4. The number of rotatable bonds is 13. The van der Waals surface area contributed by atoms with Crippen LogP contribution in [0.5, 0.6) is 11.5 Å². The van der Waals surface area contributed by atoms with E-state index in [0.717, 1.165) is 44.5 Å². The summed E-state index contributed by atoms with van der Waals surface area (Å²) in [5.74, 6) is -2.17. The van der Waals surface area contributed by atoms with E-state index in [9.17, 15) is 19.2 Å². The van der Waals surface area contributed by atoms with E-state index in [1.807, 2.05) is 72.8 Å². The van der Waals surface area contributed by atoms with Crippen LogP contribution in [0.25, 0.3) is 22.3 Å². The maximum atomic E-state index is 13.4. The van der Waals surface area contributed by atoms with Gasteiger partial charge in [0.05, 0.1) is 12.8 Å². The quantitative estimate of drug-likeness (QED) is 0.0569. The summed E-state index contributed by atoms with van der Waals surface area (Å²) in [6, 6.07) is 27.7. The van der Waals surface area contributed by atoms with Crippen LogP contribution in [0.15, 0.2) is 109 Å². The Morgan fingerprint density at radius 3 is 1.07 bits per heavy atom. The fourth-order valence-corrected chi connectivity index (χ4v) is 6.39.